The lowest BCUT2D eigenvalue weighted by Gasteiger charge is -2.11. The van der Waals surface area contributed by atoms with E-state index in [0.29, 0.717) is 13.2 Å². The van der Waals surface area contributed by atoms with Gasteiger partial charge in [-0.1, -0.05) is 0 Å². The molecule has 19 heavy (non-hydrogen) atoms. The highest BCUT2D eigenvalue weighted by Crippen LogP contribution is 2.20. The Bertz CT molecular complexity index is 518. The monoisotopic (exact) mass is 290 g/mol. The maximum Gasteiger partial charge on any atom is 0.240 e. The molecule has 0 heterocycles. The molecule has 0 bridgehead atoms. The number of rotatable bonds is 7. The third-order valence-corrected chi connectivity index (χ3v) is 3.82. The summed E-state index contributed by atoms with van der Waals surface area (Å²) in [5.41, 5.74) is 0. The number of halogens is 1. The molecule has 0 saturated carbocycles. The lowest BCUT2D eigenvalue weighted by molar-refractivity contribution is 0.321. The number of sulfonamides is 1. The molecule has 0 unspecified atom stereocenters. The molecule has 7 heteroatoms. The van der Waals surface area contributed by atoms with Crippen LogP contribution in [0.25, 0.3) is 0 Å². The second kappa shape index (κ2) is 6.83. The molecule has 0 saturated heterocycles. The van der Waals surface area contributed by atoms with Crippen molar-refractivity contribution in [2.45, 2.75) is 11.8 Å². The first-order chi connectivity index (χ1) is 8.86. The molecule has 1 aromatic carbocycles. The van der Waals surface area contributed by atoms with Crippen LogP contribution in [0, 0.1) is 5.82 Å². The summed E-state index contributed by atoms with van der Waals surface area (Å²) in [6.07, 6.45) is 0. The van der Waals surface area contributed by atoms with Crippen LogP contribution in [-0.2, 0) is 10.0 Å². The van der Waals surface area contributed by atoms with Gasteiger partial charge < -0.3 is 9.64 Å². The third kappa shape index (κ3) is 4.77. The molecule has 0 aliphatic carbocycles. The van der Waals surface area contributed by atoms with E-state index in [0.717, 1.165) is 6.07 Å². The summed E-state index contributed by atoms with van der Waals surface area (Å²) in [6.45, 7) is 2.89. The third-order valence-electron chi connectivity index (χ3n) is 2.36. The van der Waals surface area contributed by atoms with Crippen molar-refractivity contribution in [2.75, 3.05) is 33.8 Å². The van der Waals surface area contributed by atoms with Crippen LogP contribution in [0.4, 0.5) is 4.39 Å². The number of ether oxygens (including phenoxy) is 1. The number of nitrogens with one attached hydrogen (secondary N) is 1. The largest absolute Gasteiger partial charge is 0.491 e. The quantitative estimate of drug-likeness (QED) is 0.816. The molecule has 1 aromatic rings. The van der Waals surface area contributed by atoms with Gasteiger partial charge >= 0.3 is 0 Å². The predicted octanol–water partition coefficient (Wildman–Crippen LogP) is 1.06. The van der Waals surface area contributed by atoms with E-state index in [1.807, 2.05) is 19.0 Å². The Morgan fingerprint density at radius 1 is 1.37 bits per heavy atom. The molecular weight excluding hydrogens is 271 g/mol. The van der Waals surface area contributed by atoms with Gasteiger partial charge in [0.25, 0.3) is 0 Å². The van der Waals surface area contributed by atoms with Crippen molar-refractivity contribution in [1.82, 2.24) is 9.62 Å². The Balaban J connectivity index is 2.81. The van der Waals surface area contributed by atoms with Gasteiger partial charge in [0.05, 0.1) is 11.5 Å². The second-order valence-corrected chi connectivity index (χ2v) is 5.99. The molecule has 1 N–H and O–H groups in total. The van der Waals surface area contributed by atoms with Crippen molar-refractivity contribution < 1.29 is 17.5 Å². The van der Waals surface area contributed by atoms with E-state index < -0.39 is 15.8 Å². The number of hydrogen-bond donors (Lipinski definition) is 1. The molecule has 0 aromatic heterocycles. The average molecular weight is 290 g/mol. The van der Waals surface area contributed by atoms with Crippen molar-refractivity contribution in [2.24, 2.45) is 0 Å². The van der Waals surface area contributed by atoms with E-state index in [9.17, 15) is 12.8 Å². The number of benzene rings is 1. The van der Waals surface area contributed by atoms with Crippen LogP contribution in [0.5, 0.6) is 5.75 Å². The molecule has 0 atom stereocenters. The minimum absolute atomic E-state index is 0.0507. The molecule has 0 aliphatic heterocycles. The van der Waals surface area contributed by atoms with Crippen LogP contribution < -0.4 is 9.46 Å². The van der Waals surface area contributed by atoms with Crippen molar-refractivity contribution in [1.29, 1.82) is 0 Å². The lowest BCUT2D eigenvalue weighted by atomic mass is 10.3. The van der Waals surface area contributed by atoms with Gasteiger partial charge in [-0.3, -0.25) is 0 Å². The molecule has 108 valence electrons. The first kappa shape index (κ1) is 15.9. The van der Waals surface area contributed by atoms with Crippen LogP contribution >= 0.6 is 0 Å². The van der Waals surface area contributed by atoms with Crippen LogP contribution in [0.15, 0.2) is 23.1 Å². The van der Waals surface area contributed by atoms with Crippen LogP contribution in [0.2, 0.25) is 0 Å². The zero-order chi connectivity index (χ0) is 14.5. The van der Waals surface area contributed by atoms with E-state index in [1.165, 1.54) is 12.1 Å². The van der Waals surface area contributed by atoms with E-state index in [2.05, 4.69) is 4.72 Å². The van der Waals surface area contributed by atoms with E-state index in [-0.39, 0.29) is 17.2 Å². The van der Waals surface area contributed by atoms with Gasteiger partial charge in [0, 0.05) is 13.1 Å². The normalized spacial score (nSPS) is 11.8. The second-order valence-electron chi connectivity index (χ2n) is 4.23. The van der Waals surface area contributed by atoms with Gasteiger partial charge in [0.2, 0.25) is 10.0 Å². The van der Waals surface area contributed by atoms with E-state index in [1.54, 1.807) is 6.92 Å². The lowest BCUT2D eigenvalue weighted by Crippen LogP contribution is -2.31. The van der Waals surface area contributed by atoms with Gasteiger partial charge in [-0.05, 0) is 39.2 Å². The van der Waals surface area contributed by atoms with Gasteiger partial charge in [0.15, 0.2) is 11.6 Å². The van der Waals surface area contributed by atoms with Gasteiger partial charge in [0.1, 0.15) is 0 Å². The van der Waals surface area contributed by atoms with Crippen LogP contribution in [0.3, 0.4) is 0 Å². The highest BCUT2D eigenvalue weighted by Gasteiger charge is 2.16. The average Bonchev–Trinajstić information content (AvgIpc) is 2.31. The van der Waals surface area contributed by atoms with Crippen molar-refractivity contribution in [3.63, 3.8) is 0 Å². The fourth-order valence-electron chi connectivity index (χ4n) is 1.41. The smallest absolute Gasteiger partial charge is 0.240 e. The zero-order valence-corrected chi connectivity index (χ0v) is 12.1. The van der Waals surface area contributed by atoms with Crippen molar-refractivity contribution >= 4 is 10.0 Å². The Kier molecular flexibility index (Phi) is 5.71. The Labute approximate surface area is 113 Å². The van der Waals surface area contributed by atoms with E-state index in [4.69, 9.17) is 4.74 Å². The summed E-state index contributed by atoms with van der Waals surface area (Å²) in [4.78, 5) is 1.74. The van der Waals surface area contributed by atoms with Crippen LogP contribution in [0.1, 0.15) is 6.92 Å². The fourth-order valence-corrected chi connectivity index (χ4v) is 2.44. The molecule has 0 fully saturated rings. The van der Waals surface area contributed by atoms with Crippen molar-refractivity contribution in [3.8, 4) is 5.75 Å². The standard InChI is InChI=1S/C12H19FN2O3S/c1-4-18-12-6-5-10(9-11(12)13)19(16,17)14-7-8-15(2)3/h5-6,9,14H,4,7-8H2,1-3H3. The summed E-state index contributed by atoms with van der Waals surface area (Å²) >= 11 is 0. The molecule has 0 aliphatic rings. The van der Waals surface area contributed by atoms with Crippen LogP contribution in [-0.4, -0.2) is 47.1 Å². The molecular formula is C12H19FN2O3S. The summed E-state index contributed by atoms with van der Waals surface area (Å²) in [5, 5.41) is 0. The first-order valence-electron chi connectivity index (χ1n) is 5.93. The highest BCUT2D eigenvalue weighted by molar-refractivity contribution is 7.89. The molecule has 1 rings (SSSR count). The summed E-state index contributed by atoms with van der Waals surface area (Å²) in [5.74, 6) is -0.632. The Morgan fingerprint density at radius 2 is 2.05 bits per heavy atom. The summed E-state index contributed by atoms with van der Waals surface area (Å²) in [7, 11) is -0.00609. The molecule has 5 nitrogen and oxygen atoms in total. The number of likely N-dealkylation sites (N-methyl/N-ethyl adjacent to an activating group) is 1. The summed E-state index contributed by atoms with van der Waals surface area (Å²) in [6, 6.07) is 3.61. The maximum atomic E-state index is 13.6. The molecule has 0 amide bonds. The van der Waals surface area contributed by atoms with E-state index >= 15 is 0 Å². The SMILES string of the molecule is CCOc1ccc(S(=O)(=O)NCCN(C)C)cc1F. The number of nitrogens with zero attached hydrogens (tertiary/aromatic N) is 1. The minimum Gasteiger partial charge on any atom is -0.491 e. The Morgan fingerprint density at radius 3 is 2.58 bits per heavy atom. The van der Waals surface area contributed by atoms with Crippen molar-refractivity contribution in [3.05, 3.63) is 24.0 Å². The fraction of sp³-hybridized carbons (Fsp3) is 0.500. The van der Waals surface area contributed by atoms with Gasteiger partial charge in [-0.2, -0.15) is 0 Å². The predicted molar refractivity (Wildman–Crippen MR) is 71.3 cm³/mol. The zero-order valence-electron chi connectivity index (χ0n) is 11.3. The van der Waals surface area contributed by atoms with Gasteiger partial charge in [-0.15, -0.1) is 0 Å². The Hall–Kier alpha value is -1.18. The topological polar surface area (TPSA) is 58.6 Å². The maximum absolute atomic E-state index is 13.6. The number of hydrogen-bond acceptors (Lipinski definition) is 4. The molecule has 0 radical (unpaired) electrons. The van der Waals surface area contributed by atoms with Gasteiger partial charge in [-0.25, -0.2) is 17.5 Å². The summed E-state index contributed by atoms with van der Waals surface area (Å²) < 4.78 is 44.8. The first-order valence-corrected chi connectivity index (χ1v) is 7.42. The molecule has 0 spiro atoms. The highest BCUT2D eigenvalue weighted by atomic mass is 32.2. The minimum atomic E-state index is -3.68.